The number of aromatic nitrogens is 1. The lowest BCUT2D eigenvalue weighted by Gasteiger charge is -2.21. The van der Waals surface area contributed by atoms with Crippen molar-refractivity contribution in [2.45, 2.75) is 38.8 Å². The van der Waals surface area contributed by atoms with Gasteiger partial charge in [-0.3, -0.25) is 9.88 Å². The van der Waals surface area contributed by atoms with Crippen molar-refractivity contribution in [2.24, 2.45) is 0 Å². The summed E-state index contributed by atoms with van der Waals surface area (Å²) in [5.74, 6) is 0. The molecule has 1 atom stereocenters. The number of fused-ring (bicyclic) bond motifs is 1. The highest BCUT2D eigenvalue weighted by atomic mass is 32.1. The van der Waals surface area contributed by atoms with E-state index in [-0.39, 0.29) is 0 Å². The summed E-state index contributed by atoms with van der Waals surface area (Å²) in [6.07, 6.45) is 4.79. The topological polar surface area (TPSA) is 28.2 Å². The molecule has 1 aliphatic carbocycles. The van der Waals surface area contributed by atoms with Gasteiger partial charge in [0.15, 0.2) is 0 Å². The second-order valence-corrected chi connectivity index (χ2v) is 6.56. The van der Waals surface area contributed by atoms with E-state index in [1.807, 2.05) is 6.20 Å². The summed E-state index contributed by atoms with van der Waals surface area (Å²) in [6.45, 7) is 7.86. The number of likely N-dealkylation sites (N-methyl/N-ethyl adjacent to an activating group) is 1. The Labute approximate surface area is 125 Å². The molecule has 0 spiro atoms. The maximum atomic E-state index is 4.52. The molecule has 3 nitrogen and oxygen atoms in total. The third kappa shape index (κ3) is 3.19. The van der Waals surface area contributed by atoms with Crippen molar-refractivity contribution >= 4 is 21.6 Å². The quantitative estimate of drug-likeness (QED) is 0.846. The van der Waals surface area contributed by atoms with Crippen LogP contribution in [0.15, 0.2) is 23.7 Å². The summed E-state index contributed by atoms with van der Waals surface area (Å²) in [4.78, 5) is 7.10. The van der Waals surface area contributed by atoms with E-state index >= 15 is 0 Å². The zero-order valence-electron chi connectivity index (χ0n) is 12.3. The van der Waals surface area contributed by atoms with E-state index in [1.165, 1.54) is 29.6 Å². The second-order valence-electron chi connectivity index (χ2n) is 5.61. The van der Waals surface area contributed by atoms with E-state index in [0.717, 1.165) is 24.6 Å². The van der Waals surface area contributed by atoms with Crippen molar-refractivity contribution in [1.82, 2.24) is 15.2 Å². The first-order chi connectivity index (χ1) is 9.78. The number of nitrogens with one attached hydrogen (secondary N) is 1. The van der Waals surface area contributed by atoms with Crippen molar-refractivity contribution in [2.75, 3.05) is 19.6 Å². The molecule has 3 rings (SSSR count). The lowest BCUT2D eigenvalue weighted by atomic mass is 10.1. The maximum Gasteiger partial charge on any atom is 0.0809 e. The third-order valence-electron chi connectivity index (χ3n) is 4.14. The highest BCUT2D eigenvalue weighted by molar-refractivity contribution is 7.17. The van der Waals surface area contributed by atoms with Gasteiger partial charge in [0.05, 0.1) is 10.2 Å². The van der Waals surface area contributed by atoms with Gasteiger partial charge < -0.3 is 5.32 Å². The first-order valence-electron chi connectivity index (χ1n) is 7.58. The number of pyridine rings is 1. The Balaban J connectivity index is 1.53. The summed E-state index contributed by atoms with van der Waals surface area (Å²) in [7, 11) is 0. The number of rotatable bonds is 7. The van der Waals surface area contributed by atoms with E-state index in [2.05, 4.69) is 46.6 Å². The lowest BCUT2D eigenvalue weighted by molar-refractivity contribution is 0.273. The van der Waals surface area contributed by atoms with Gasteiger partial charge in [-0.25, -0.2) is 0 Å². The van der Waals surface area contributed by atoms with Gasteiger partial charge in [-0.15, -0.1) is 11.3 Å². The summed E-state index contributed by atoms with van der Waals surface area (Å²) >= 11 is 1.76. The highest BCUT2D eigenvalue weighted by Crippen LogP contribution is 2.26. The Morgan fingerprint density at radius 1 is 1.50 bits per heavy atom. The van der Waals surface area contributed by atoms with Gasteiger partial charge in [0.2, 0.25) is 0 Å². The van der Waals surface area contributed by atoms with Crippen molar-refractivity contribution in [3.63, 3.8) is 0 Å². The van der Waals surface area contributed by atoms with Gasteiger partial charge >= 0.3 is 0 Å². The molecule has 20 heavy (non-hydrogen) atoms. The van der Waals surface area contributed by atoms with E-state index < -0.39 is 0 Å². The van der Waals surface area contributed by atoms with E-state index in [1.54, 1.807) is 11.3 Å². The monoisotopic (exact) mass is 289 g/mol. The Morgan fingerprint density at radius 2 is 2.35 bits per heavy atom. The summed E-state index contributed by atoms with van der Waals surface area (Å²) < 4.78 is 1.28. The van der Waals surface area contributed by atoms with Gasteiger partial charge in [-0.1, -0.05) is 6.92 Å². The average molecular weight is 289 g/mol. The minimum absolute atomic E-state index is 0.368. The summed E-state index contributed by atoms with van der Waals surface area (Å²) in [5.41, 5.74) is 2.39. The van der Waals surface area contributed by atoms with Crippen LogP contribution < -0.4 is 5.32 Å². The molecule has 4 heteroatoms. The fourth-order valence-corrected chi connectivity index (χ4v) is 3.47. The fraction of sp³-hybridized carbons (Fsp3) is 0.562. The minimum atomic E-state index is 0.368. The molecular formula is C16H23N3S. The molecule has 0 aliphatic heterocycles. The molecule has 1 fully saturated rings. The Bertz CT molecular complexity index is 562. The van der Waals surface area contributed by atoms with Crippen LogP contribution in [0.2, 0.25) is 0 Å². The van der Waals surface area contributed by atoms with E-state index in [0.29, 0.717) is 6.04 Å². The van der Waals surface area contributed by atoms with Crippen LogP contribution in [0.4, 0.5) is 0 Å². The van der Waals surface area contributed by atoms with Gasteiger partial charge in [0.1, 0.15) is 0 Å². The van der Waals surface area contributed by atoms with Crippen LogP contribution in [0.5, 0.6) is 0 Å². The zero-order chi connectivity index (χ0) is 13.9. The molecular weight excluding hydrogens is 266 g/mol. The molecule has 1 saturated carbocycles. The molecule has 1 unspecified atom stereocenters. The SMILES string of the molecule is CCN(CCNC(C)c1cnc2ccsc2c1)C1CC1. The van der Waals surface area contributed by atoms with Crippen molar-refractivity contribution in [3.8, 4) is 0 Å². The number of nitrogens with zero attached hydrogens (tertiary/aromatic N) is 2. The van der Waals surface area contributed by atoms with Crippen LogP contribution in [0.25, 0.3) is 10.2 Å². The highest BCUT2D eigenvalue weighted by Gasteiger charge is 2.27. The molecule has 2 aromatic heterocycles. The van der Waals surface area contributed by atoms with Crippen LogP contribution in [-0.4, -0.2) is 35.6 Å². The fourth-order valence-electron chi connectivity index (χ4n) is 2.68. The van der Waals surface area contributed by atoms with E-state index in [4.69, 9.17) is 0 Å². The van der Waals surface area contributed by atoms with Crippen LogP contribution >= 0.6 is 11.3 Å². The molecule has 0 radical (unpaired) electrons. The van der Waals surface area contributed by atoms with E-state index in [9.17, 15) is 0 Å². The normalized spacial score (nSPS) is 16.9. The van der Waals surface area contributed by atoms with Gasteiger partial charge in [0, 0.05) is 31.4 Å². The van der Waals surface area contributed by atoms with Crippen LogP contribution in [0.3, 0.4) is 0 Å². The minimum Gasteiger partial charge on any atom is -0.309 e. The molecule has 2 aromatic rings. The van der Waals surface area contributed by atoms with Crippen LogP contribution in [0, 0.1) is 0 Å². The molecule has 2 heterocycles. The largest absolute Gasteiger partial charge is 0.309 e. The molecule has 1 N–H and O–H groups in total. The van der Waals surface area contributed by atoms with Crippen LogP contribution in [-0.2, 0) is 0 Å². The number of thiophene rings is 1. The predicted molar refractivity (Wildman–Crippen MR) is 86.3 cm³/mol. The summed E-state index contributed by atoms with van der Waals surface area (Å²) in [5, 5.41) is 5.73. The van der Waals surface area contributed by atoms with Crippen molar-refractivity contribution in [3.05, 3.63) is 29.3 Å². The molecule has 108 valence electrons. The van der Waals surface area contributed by atoms with Gasteiger partial charge in [-0.05, 0) is 49.4 Å². The van der Waals surface area contributed by atoms with Gasteiger partial charge in [0.25, 0.3) is 0 Å². The Kier molecular flexibility index (Phi) is 4.34. The second kappa shape index (κ2) is 6.20. The Morgan fingerprint density at radius 3 is 3.10 bits per heavy atom. The first-order valence-corrected chi connectivity index (χ1v) is 8.46. The standard InChI is InChI=1S/C16H23N3S/c1-3-19(14-4-5-14)8-7-17-12(2)13-10-16-15(18-11-13)6-9-20-16/h6,9-12,14,17H,3-5,7-8H2,1-2H3. The predicted octanol–water partition coefficient (Wildman–Crippen LogP) is 3.43. The molecule has 1 aliphatic rings. The molecule has 0 aromatic carbocycles. The first kappa shape index (κ1) is 14.0. The molecule has 0 saturated heterocycles. The lowest BCUT2D eigenvalue weighted by Crippen LogP contribution is -2.34. The molecule has 0 bridgehead atoms. The van der Waals surface area contributed by atoms with Crippen LogP contribution in [0.1, 0.15) is 38.3 Å². The van der Waals surface area contributed by atoms with Gasteiger partial charge in [-0.2, -0.15) is 0 Å². The van der Waals surface area contributed by atoms with Crippen molar-refractivity contribution < 1.29 is 0 Å². The molecule has 0 amide bonds. The third-order valence-corrected chi connectivity index (χ3v) is 5.00. The van der Waals surface area contributed by atoms with Crippen molar-refractivity contribution in [1.29, 1.82) is 0 Å². The zero-order valence-corrected chi connectivity index (χ0v) is 13.1. The number of hydrogen-bond donors (Lipinski definition) is 1. The number of hydrogen-bond acceptors (Lipinski definition) is 4. The summed E-state index contributed by atoms with van der Waals surface area (Å²) in [6, 6.07) is 5.58. The smallest absolute Gasteiger partial charge is 0.0809 e. The Hall–Kier alpha value is -0.970. The average Bonchev–Trinajstić information content (AvgIpc) is 3.19. The maximum absolute atomic E-state index is 4.52.